The number of aliphatic carboxylic acids is 1. The molecule has 1 saturated heterocycles. The molecule has 1 N–H and O–H groups in total. The lowest BCUT2D eigenvalue weighted by Gasteiger charge is -2.36. The summed E-state index contributed by atoms with van der Waals surface area (Å²) in [5.41, 5.74) is 1.12. The molecule has 1 heterocycles. The van der Waals surface area contributed by atoms with Crippen molar-refractivity contribution in [2.24, 2.45) is 11.8 Å². The van der Waals surface area contributed by atoms with Gasteiger partial charge in [0.15, 0.2) is 0 Å². The van der Waals surface area contributed by atoms with E-state index in [1.165, 1.54) is 6.92 Å². The van der Waals surface area contributed by atoms with Gasteiger partial charge in [-0.15, -0.1) is 0 Å². The summed E-state index contributed by atoms with van der Waals surface area (Å²) in [4.78, 5) is 38.8. The fraction of sp³-hybridized carbons (Fsp3) is 0.526. The molecule has 6 heteroatoms. The molecule has 0 spiro atoms. The maximum Gasteiger partial charge on any atom is 0.306 e. The largest absolute Gasteiger partial charge is 0.481 e. The normalized spacial score (nSPS) is 20.2. The first-order valence-corrected chi connectivity index (χ1v) is 8.68. The molecule has 6 nitrogen and oxygen atoms in total. The van der Waals surface area contributed by atoms with Crippen molar-refractivity contribution in [3.8, 4) is 0 Å². The van der Waals surface area contributed by atoms with Crippen molar-refractivity contribution in [3.05, 3.63) is 35.9 Å². The predicted octanol–water partition coefficient (Wildman–Crippen LogP) is 1.65. The molecule has 1 aliphatic heterocycles. The molecule has 0 radical (unpaired) electrons. The second-order valence-corrected chi connectivity index (χ2v) is 6.73. The van der Waals surface area contributed by atoms with Crippen molar-refractivity contribution in [2.75, 3.05) is 26.2 Å². The lowest BCUT2D eigenvalue weighted by Crippen LogP contribution is -2.49. The maximum atomic E-state index is 12.5. The van der Waals surface area contributed by atoms with E-state index in [0.717, 1.165) is 5.56 Å². The van der Waals surface area contributed by atoms with Crippen LogP contribution in [0.5, 0.6) is 0 Å². The van der Waals surface area contributed by atoms with Crippen LogP contribution in [0.2, 0.25) is 0 Å². The lowest BCUT2D eigenvalue weighted by atomic mass is 9.87. The van der Waals surface area contributed by atoms with Gasteiger partial charge in [-0.1, -0.05) is 37.3 Å². The van der Waals surface area contributed by atoms with Gasteiger partial charge in [0.05, 0.1) is 12.5 Å². The fourth-order valence-electron chi connectivity index (χ4n) is 3.26. The summed E-state index contributed by atoms with van der Waals surface area (Å²) in [5.74, 6) is -1.51. The van der Waals surface area contributed by atoms with Crippen molar-refractivity contribution in [3.63, 3.8) is 0 Å². The van der Waals surface area contributed by atoms with Crippen molar-refractivity contribution in [1.29, 1.82) is 0 Å². The minimum atomic E-state index is -0.798. The topological polar surface area (TPSA) is 77.9 Å². The first kappa shape index (κ1) is 19.0. The van der Waals surface area contributed by atoms with Crippen molar-refractivity contribution in [2.45, 2.75) is 26.7 Å². The fourth-order valence-corrected chi connectivity index (χ4v) is 3.26. The Bertz CT molecular complexity index is 617. The summed E-state index contributed by atoms with van der Waals surface area (Å²) in [6.45, 7) is 4.73. The number of amides is 2. The average molecular weight is 346 g/mol. The molecule has 0 saturated carbocycles. The second kappa shape index (κ2) is 8.65. The molecule has 25 heavy (non-hydrogen) atoms. The van der Waals surface area contributed by atoms with E-state index in [0.29, 0.717) is 32.5 Å². The van der Waals surface area contributed by atoms with Crippen LogP contribution in [0.1, 0.15) is 25.8 Å². The van der Waals surface area contributed by atoms with E-state index in [-0.39, 0.29) is 24.3 Å². The molecule has 1 aromatic carbocycles. The van der Waals surface area contributed by atoms with E-state index in [1.807, 2.05) is 37.3 Å². The van der Waals surface area contributed by atoms with Crippen LogP contribution < -0.4 is 0 Å². The number of piperidine rings is 1. The van der Waals surface area contributed by atoms with E-state index >= 15 is 0 Å². The summed E-state index contributed by atoms with van der Waals surface area (Å²) in [6, 6.07) is 9.84. The van der Waals surface area contributed by atoms with Gasteiger partial charge in [-0.2, -0.15) is 0 Å². The standard InChI is InChI=1S/C19H26N2O4/c1-14-12-21(11-9-17(14)19(24)25)18(23)13-20(15(2)22)10-8-16-6-4-3-5-7-16/h3-7,14,17H,8-13H2,1-2H3,(H,24,25). The highest BCUT2D eigenvalue weighted by Gasteiger charge is 2.33. The van der Waals surface area contributed by atoms with Crippen molar-refractivity contribution in [1.82, 2.24) is 9.80 Å². The third-order valence-corrected chi connectivity index (χ3v) is 4.86. The smallest absolute Gasteiger partial charge is 0.306 e. The Balaban J connectivity index is 1.90. The minimum Gasteiger partial charge on any atom is -0.481 e. The van der Waals surface area contributed by atoms with Crippen LogP contribution in [0.15, 0.2) is 30.3 Å². The van der Waals surface area contributed by atoms with Gasteiger partial charge >= 0.3 is 5.97 Å². The summed E-state index contributed by atoms with van der Waals surface area (Å²) in [7, 11) is 0. The second-order valence-electron chi connectivity index (χ2n) is 6.73. The zero-order chi connectivity index (χ0) is 18.4. The number of nitrogens with zero attached hydrogens (tertiary/aromatic N) is 2. The maximum absolute atomic E-state index is 12.5. The van der Waals surface area contributed by atoms with E-state index in [9.17, 15) is 19.5 Å². The van der Waals surface area contributed by atoms with Crippen molar-refractivity contribution < 1.29 is 19.5 Å². The van der Waals surface area contributed by atoms with E-state index in [1.54, 1.807) is 9.80 Å². The monoisotopic (exact) mass is 346 g/mol. The number of carbonyl (C=O) groups is 3. The van der Waals surface area contributed by atoms with Crippen LogP contribution >= 0.6 is 0 Å². The molecule has 0 bridgehead atoms. The molecule has 2 atom stereocenters. The van der Waals surface area contributed by atoms with Crippen LogP contribution in [-0.4, -0.2) is 58.9 Å². The van der Waals surface area contributed by atoms with E-state index in [2.05, 4.69) is 0 Å². The molecule has 136 valence electrons. The SMILES string of the molecule is CC(=O)N(CCc1ccccc1)CC(=O)N1CCC(C(=O)O)C(C)C1. The molecule has 0 aromatic heterocycles. The summed E-state index contributed by atoms with van der Waals surface area (Å²) in [5, 5.41) is 9.17. The first-order chi connectivity index (χ1) is 11.9. The number of carboxylic acid groups (broad SMARTS) is 1. The number of rotatable bonds is 6. The van der Waals surface area contributed by atoms with Gasteiger partial charge in [0.25, 0.3) is 0 Å². The molecular weight excluding hydrogens is 320 g/mol. The first-order valence-electron chi connectivity index (χ1n) is 8.68. The summed E-state index contributed by atoms with van der Waals surface area (Å²) in [6.07, 6.45) is 1.16. The van der Waals surface area contributed by atoms with Crippen LogP contribution in [0.25, 0.3) is 0 Å². The number of hydrogen-bond acceptors (Lipinski definition) is 3. The molecule has 2 rings (SSSR count). The Morgan fingerprint density at radius 3 is 2.48 bits per heavy atom. The van der Waals surface area contributed by atoms with E-state index in [4.69, 9.17) is 0 Å². The zero-order valence-electron chi connectivity index (χ0n) is 14.9. The van der Waals surface area contributed by atoms with Gasteiger partial charge in [0.2, 0.25) is 11.8 Å². The molecule has 1 aromatic rings. The third-order valence-electron chi connectivity index (χ3n) is 4.86. The highest BCUT2D eigenvalue weighted by atomic mass is 16.4. The highest BCUT2D eigenvalue weighted by molar-refractivity contribution is 5.84. The third kappa shape index (κ3) is 5.31. The van der Waals surface area contributed by atoms with Crippen LogP contribution in [-0.2, 0) is 20.8 Å². The minimum absolute atomic E-state index is 0.0482. The molecule has 1 fully saturated rings. The molecule has 2 amide bonds. The van der Waals surface area contributed by atoms with Crippen LogP contribution in [0.4, 0.5) is 0 Å². The lowest BCUT2D eigenvalue weighted by molar-refractivity contribution is -0.149. The number of carboxylic acids is 1. The van der Waals surface area contributed by atoms with Gasteiger partial charge in [-0.3, -0.25) is 14.4 Å². The van der Waals surface area contributed by atoms with Crippen LogP contribution in [0.3, 0.4) is 0 Å². The number of hydrogen-bond donors (Lipinski definition) is 1. The number of benzene rings is 1. The average Bonchev–Trinajstić information content (AvgIpc) is 2.58. The van der Waals surface area contributed by atoms with Gasteiger partial charge in [-0.25, -0.2) is 0 Å². The zero-order valence-corrected chi connectivity index (χ0v) is 14.9. The Hall–Kier alpha value is -2.37. The van der Waals surface area contributed by atoms with Gasteiger partial charge < -0.3 is 14.9 Å². The summed E-state index contributed by atoms with van der Waals surface area (Å²) >= 11 is 0. The Labute approximate surface area is 148 Å². The summed E-state index contributed by atoms with van der Waals surface area (Å²) < 4.78 is 0. The van der Waals surface area contributed by atoms with Gasteiger partial charge in [0, 0.05) is 26.6 Å². The Kier molecular flexibility index (Phi) is 6.56. The molecule has 1 aliphatic rings. The van der Waals surface area contributed by atoms with Gasteiger partial charge in [0.1, 0.15) is 0 Å². The molecular formula is C19H26N2O4. The van der Waals surface area contributed by atoms with E-state index < -0.39 is 11.9 Å². The van der Waals surface area contributed by atoms with Crippen LogP contribution in [0, 0.1) is 11.8 Å². The Morgan fingerprint density at radius 2 is 1.92 bits per heavy atom. The van der Waals surface area contributed by atoms with Crippen molar-refractivity contribution >= 4 is 17.8 Å². The molecule has 0 aliphatic carbocycles. The quantitative estimate of drug-likeness (QED) is 0.849. The number of carbonyl (C=O) groups excluding carboxylic acids is 2. The number of likely N-dealkylation sites (tertiary alicyclic amines) is 1. The predicted molar refractivity (Wildman–Crippen MR) is 93.9 cm³/mol. The highest BCUT2D eigenvalue weighted by Crippen LogP contribution is 2.23. The Morgan fingerprint density at radius 1 is 1.24 bits per heavy atom. The van der Waals surface area contributed by atoms with Gasteiger partial charge in [-0.05, 0) is 24.3 Å². The molecule has 2 unspecified atom stereocenters.